The molecule has 3 aromatic heterocycles. The van der Waals surface area contributed by atoms with Crippen molar-refractivity contribution < 1.29 is 18.8 Å². The minimum atomic E-state index is -1.26. The Morgan fingerprint density at radius 3 is 2.78 bits per heavy atom. The predicted octanol–water partition coefficient (Wildman–Crippen LogP) is 3.38. The van der Waals surface area contributed by atoms with Gasteiger partial charge < -0.3 is 9.63 Å². The van der Waals surface area contributed by atoms with Gasteiger partial charge in [-0.2, -0.15) is 4.98 Å². The summed E-state index contributed by atoms with van der Waals surface area (Å²) in [5.74, 6) is -0.277. The molecule has 2 aliphatic carbocycles. The molecule has 2 aliphatic rings. The van der Waals surface area contributed by atoms with Crippen LogP contribution < -0.4 is 0 Å². The number of allylic oxidation sites excluding steroid dienone is 6. The molecule has 3 unspecified atom stereocenters. The number of nitrogens with zero attached hydrogens (tertiary/aromatic N) is 7. The highest BCUT2D eigenvalue weighted by atomic mass is 19.1. The van der Waals surface area contributed by atoms with Crippen LogP contribution in [0.15, 0.2) is 77.2 Å². The maximum atomic E-state index is 14.7. The van der Waals surface area contributed by atoms with Gasteiger partial charge in [0.1, 0.15) is 17.9 Å². The first-order valence-electron chi connectivity index (χ1n) is 11.5. The van der Waals surface area contributed by atoms with E-state index in [1.807, 2.05) is 18.2 Å². The summed E-state index contributed by atoms with van der Waals surface area (Å²) in [6.07, 6.45) is 15.3. The highest BCUT2D eigenvalue weighted by Crippen LogP contribution is 2.35. The van der Waals surface area contributed by atoms with Gasteiger partial charge in [0, 0.05) is 30.4 Å². The molecule has 0 aromatic carbocycles. The van der Waals surface area contributed by atoms with Crippen LogP contribution in [-0.4, -0.2) is 72.4 Å². The molecule has 0 amide bonds. The third-order valence-corrected chi connectivity index (χ3v) is 5.98. The molecule has 0 fully saturated rings. The van der Waals surface area contributed by atoms with Crippen molar-refractivity contribution in [1.82, 2.24) is 35.0 Å². The van der Waals surface area contributed by atoms with Crippen LogP contribution >= 0.6 is 0 Å². The predicted molar refractivity (Wildman–Crippen MR) is 128 cm³/mol. The Kier molecular flexibility index (Phi) is 6.63. The average Bonchev–Trinajstić information content (AvgIpc) is 3.52. The van der Waals surface area contributed by atoms with E-state index in [-0.39, 0.29) is 18.4 Å². The Bertz CT molecular complexity index is 1360. The fraction of sp³-hybridized carbons (Fsp3) is 0.280. The summed E-state index contributed by atoms with van der Waals surface area (Å²) >= 11 is 0. The van der Waals surface area contributed by atoms with Gasteiger partial charge in [-0.1, -0.05) is 46.8 Å². The molecule has 0 aliphatic heterocycles. The number of hydrogen-bond donors (Lipinski definition) is 1. The summed E-state index contributed by atoms with van der Waals surface area (Å²) < 4.78 is 21.8. The van der Waals surface area contributed by atoms with Gasteiger partial charge in [-0.3, -0.25) is 14.7 Å². The summed E-state index contributed by atoms with van der Waals surface area (Å²) in [4.78, 5) is 21.3. The number of carboxylic acid groups (broad SMARTS) is 1. The Labute approximate surface area is 206 Å². The fourth-order valence-electron chi connectivity index (χ4n) is 4.26. The summed E-state index contributed by atoms with van der Waals surface area (Å²) in [6, 6.07) is 2.93. The Hall–Kier alpha value is -4.25. The van der Waals surface area contributed by atoms with Gasteiger partial charge in [0.2, 0.25) is 0 Å². The molecule has 10 nitrogen and oxygen atoms in total. The Morgan fingerprint density at radius 2 is 2.06 bits per heavy atom. The van der Waals surface area contributed by atoms with Crippen molar-refractivity contribution in [1.29, 1.82) is 0 Å². The first kappa shape index (κ1) is 23.5. The fourth-order valence-corrected chi connectivity index (χ4v) is 4.26. The highest BCUT2D eigenvalue weighted by molar-refractivity contribution is 5.74. The molecular formula is C25H24FN7O3. The van der Waals surface area contributed by atoms with E-state index < -0.39 is 18.2 Å². The summed E-state index contributed by atoms with van der Waals surface area (Å²) in [5.41, 5.74) is 2.69. The van der Waals surface area contributed by atoms with Crippen LogP contribution in [0.25, 0.3) is 22.8 Å². The van der Waals surface area contributed by atoms with Crippen LogP contribution in [0.1, 0.15) is 24.2 Å². The van der Waals surface area contributed by atoms with E-state index in [9.17, 15) is 9.18 Å². The summed E-state index contributed by atoms with van der Waals surface area (Å²) in [5, 5.41) is 21.6. The molecule has 184 valence electrons. The smallest absolute Gasteiger partial charge is 0.317 e. The van der Waals surface area contributed by atoms with Gasteiger partial charge in [0.25, 0.3) is 5.89 Å². The van der Waals surface area contributed by atoms with Crippen molar-refractivity contribution in [2.75, 3.05) is 20.1 Å². The number of carbonyl (C=O) groups is 1. The molecule has 5 rings (SSSR count). The van der Waals surface area contributed by atoms with Crippen molar-refractivity contribution in [2.45, 2.75) is 24.6 Å². The van der Waals surface area contributed by atoms with Gasteiger partial charge in [-0.25, -0.2) is 9.07 Å². The Balaban J connectivity index is 1.40. The zero-order chi connectivity index (χ0) is 25.1. The molecule has 36 heavy (non-hydrogen) atoms. The SMILES string of the molecule is CN(CC(=O)O)CC1=CCC(c2noc(-c3nnn(C4C=CC=CC4F)c3-c3ccncc3)n2)C=C1. The minimum absolute atomic E-state index is 0.0284. The maximum absolute atomic E-state index is 14.7. The van der Waals surface area contributed by atoms with Crippen LogP contribution in [0.2, 0.25) is 0 Å². The van der Waals surface area contributed by atoms with E-state index in [1.54, 1.807) is 54.7 Å². The van der Waals surface area contributed by atoms with Gasteiger partial charge in [0.15, 0.2) is 11.5 Å². The average molecular weight is 490 g/mol. The van der Waals surface area contributed by atoms with Crippen molar-refractivity contribution in [3.63, 3.8) is 0 Å². The zero-order valence-electron chi connectivity index (χ0n) is 19.5. The lowest BCUT2D eigenvalue weighted by Gasteiger charge is -2.19. The number of aromatic nitrogens is 6. The van der Waals surface area contributed by atoms with E-state index in [2.05, 4.69) is 25.4 Å². The highest BCUT2D eigenvalue weighted by Gasteiger charge is 2.29. The molecule has 0 bridgehead atoms. The number of hydrogen-bond acceptors (Lipinski definition) is 8. The first-order chi connectivity index (χ1) is 17.5. The number of alkyl halides is 1. The third-order valence-electron chi connectivity index (χ3n) is 5.98. The number of likely N-dealkylation sites (N-methyl/N-ethyl adjacent to an activating group) is 1. The molecule has 1 N–H and O–H groups in total. The quantitative estimate of drug-likeness (QED) is 0.507. The van der Waals surface area contributed by atoms with E-state index in [1.165, 1.54) is 10.8 Å². The molecule has 3 atom stereocenters. The standard InChI is InChI=1S/C25H24FN7O3/c1-32(15-21(34)35)14-16-6-8-18(9-7-16)24-28-25(36-30-24)22-23(17-10-12-27-13-11-17)33(31-29-22)20-5-3-2-4-19(20)26/h2-8,10-13,18-20H,9,14-15H2,1H3,(H,34,35). The molecule has 0 saturated heterocycles. The number of aliphatic carboxylic acids is 1. The lowest BCUT2D eigenvalue weighted by molar-refractivity contribution is -0.137. The number of pyridine rings is 1. The van der Waals surface area contributed by atoms with Crippen molar-refractivity contribution >= 4 is 5.97 Å². The topological polar surface area (TPSA) is 123 Å². The van der Waals surface area contributed by atoms with Crippen LogP contribution in [0.3, 0.4) is 0 Å². The second kappa shape index (κ2) is 10.2. The maximum Gasteiger partial charge on any atom is 0.317 e. The monoisotopic (exact) mass is 489 g/mol. The van der Waals surface area contributed by atoms with Crippen molar-refractivity contribution in [3.8, 4) is 22.8 Å². The lowest BCUT2D eigenvalue weighted by Crippen LogP contribution is -2.27. The van der Waals surface area contributed by atoms with E-state index >= 15 is 0 Å². The minimum Gasteiger partial charge on any atom is -0.480 e. The van der Waals surface area contributed by atoms with Crippen molar-refractivity contribution in [2.24, 2.45) is 0 Å². The van der Waals surface area contributed by atoms with E-state index in [0.29, 0.717) is 30.2 Å². The molecule has 3 aromatic rings. The normalized spacial score (nSPS) is 21.2. The van der Waals surface area contributed by atoms with E-state index in [4.69, 9.17) is 9.63 Å². The van der Waals surface area contributed by atoms with Crippen LogP contribution in [0, 0.1) is 0 Å². The zero-order valence-corrected chi connectivity index (χ0v) is 19.5. The number of halogens is 1. The molecule has 0 saturated carbocycles. The van der Waals surface area contributed by atoms with Gasteiger partial charge in [0.05, 0.1) is 6.54 Å². The number of carboxylic acids is 1. The van der Waals surface area contributed by atoms with Gasteiger partial charge >= 0.3 is 5.97 Å². The molecule has 0 radical (unpaired) electrons. The Morgan fingerprint density at radius 1 is 1.25 bits per heavy atom. The second-order valence-electron chi connectivity index (χ2n) is 8.68. The molecule has 0 spiro atoms. The summed E-state index contributed by atoms with van der Waals surface area (Å²) in [6.45, 7) is 0.505. The summed E-state index contributed by atoms with van der Waals surface area (Å²) in [7, 11) is 1.76. The first-order valence-corrected chi connectivity index (χ1v) is 11.5. The van der Waals surface area contributed by atoms with Crippen LogP contribution in [0.4, 0.5) is 4.39 Å². The number of rotatable bonds is 8. The second-order valence-corrected chi connectivity index (χ2v) is 8.68. The van der Waals surface area contributed by atoms with Crippen molar-refractivity contribution in [3.05, 3.63) is 78.5 Å². The lowest BCUT2D eigenvalue weighted by atomic mass is 9.96. The van der Waals surface area contributed by atoms with Gasteiger partial charge in [-0.15, -0.1) is 5.10 Å². The van der Waals surface area contributed by atoms with Crippen LogP contribution in [0.5, 0.6) is 0 Å². The van der Waals surface area contributed by atoms with Crippen LogP contribution in [-0.2, 0) is 4.79 Å². The third kappa shape index (κ3) is 4.91. The molecule has 3 heterocycles. The van der Waals surface area contributed by atoms with Gasteiger partial charge in [-0.05, 0) is 37.3 Å². The molecular weight excluding hydrogens is 465 g/mol. The van der Waals surface area contributed by atoms with E-state index in [0.717, 1.165) is 11.1 Å². The largest absolute Gasteiger partial charge is 0.480 e. The molecule has 11 heteroatoms.